The molecule has 29 heavy (non-hydrogen) atoms. The molecule has 3 N–H and O–H groups in total. The van der Waals surface area contributed by atoms with E-state index in [0.717, 1.165) is 11.0 Å². The number of nitrogens with zero attached hydrogens (tertiary/aromatic N) is 7. The van der Waals surface area contributed by atoms with Crippen LogP contribution in [0.2, 0.25) is 5.02 Å². The van der Waals surface area contributed by atoms with E-state index in [1.807, 2.05) is 31.1 Å². The van der Waals surface area contributed by atoms with Crippen LogP contribution in [0, 0.1) is 22.7 Å². The van der Waals surface area contributed by atoms with Crippen LogP contribution in [0.25, 0.3) is 33.6 Å². The lowest BCUT2D eigenvalue weighted by molar-refractivity contribution is 0.387. The van der Waals surface area contributed by atoms with E-state index in [0.29, 0.717) is 46.5 Å². The molecule has 1 aromatic carbocycles. The van der Waals surface area contributed by atoms with Crippen molar-refractivity contribution in [2.45, 2.75) is 6.54 Å². The van der Waals surface area contributed by atoms with Crippen LogP contribution in [0.15, 0.2) is 18.2 Å². The largest absolute Gasteiger partial charge is 0.384 e. The van der Waals surface area contributed by atoms with Crippen molar-refractivity contribution in [3.63, 3.8) is 0 Å². The minimum atomic E-state index is -0.0508. The molecular formula is C19H16ClN9. The van der Waals surface area contributed by atoms with Gasteiger partial charge in [0.2, 0.25) is 0 Å². The Morgan fingerprint density at radius 1 is 1.17 bits per heavy atom. The maximum Gasteiger partial charge on any atom is 0.179 e. The molecule has 3 aromatic heterocycles. The van der Waals surface area contributed by atoms with Gasteiger partial charge in [-0.3, -0.25) is 0 Å². The molecule has 4 aromatic rings. The SMILES string of the molecule is CN(C)CCn1c(N)c(-c2nc3ccc(Cl)cc3[nH]2)c2nc(C#N)c(C#N)nc21. The number of hydrogen-bond donors (Lipinski definition) is 2. The molecule has 0 amide bonds. The summed E-state index contributed by atoms with van der Waals surface area (Å²) in [6.07, 6.45) is 0. The number of aromatic amines is 1. The third kappa shape index (κ3) is 3.13. The average Bonchev–Trinajstić information content (AvgIpc) is 3.21. The molecule has 3 heterocycles. The van der Waals surface area contributed by atoms with Gasteiger partial charge in [-0.15, -0.1) is 0 Å². The standard InChI is InChI=1S/C19H16ClN9/c1-28(2)5-6-29-17(23)15(16-19(29)27-14(9-22)13(8-21)24-16)18-25-11-4-3-10(20)7-12(11)26-18/h3-4,7H,5-6,23H2,1-2H3,(H,25,26). The van der Waals surface area contributed by atoms with Crippen LogP contribution < -0.4 is 5.73 Å². The first-order valence-corrected chi connectivity index (χ1v) is 9.11. The highest BCUT2D eigenvalue weighted by atomic mass is 35.5. The fourth-order valence-electron chi connectivity index (χ4n) is 3.17. The molecule has 9 nitrogen and oxygen atoms in total. The maximum absolute atomic E-state index is 9.38. The van der Waals surface area contributed by atoms with Crippen molar-refractivity contribution in [1.29, 1.82) is 10.5 Å². The summed E-state index contributed by atoms with van der Waals surface area (Å²) in [6, 6.07) is 9.19. The molecule has 144 valence electrons. The van der Waals surface area contributed by atoms with Gasteiger partial charge < -0.3 is 20.2 Å². The van der Waals surface area contributed by atoms with E-state index in [9.17, 15) is 10.5 Å². The zero-order valence-electron chi connectivity index (χ0n) is 15.7. The van der Waals surface area contributed by atoms with Crippen molar-refractivity contribution >= 4 is 39.6 Å². The molecule has 0 aliphatic rings. The summed E-state index contributed by atoms with van der Waals surface area (Å²) in [4.78, 5) is 18.6. The lowest BCUT2D eigenvalue weighted by atomic mass is 10.2. The first-order valence-electron chi connectivity index (χ1n) is 8.73. The predicted octanol–water partition coefficient (Wildman–Crippen LogP) is 2.52. The lowest BCUT2D eigenvalue weighted by Crippen LogP contribution is -2.19. The maximum atomic E-state index is 9.38. The Balaban J connectivity index is 2.02. The number of H-pyrrole nitrogens is 1. The van der Waals surface area contributed by atoms with Gasteiger partial charge in [-0.1, -0.05) is 11.6 Å². The van der Waals surface area contributed by atoms with Crippen molar-refractivity contribution in [2.24, 2.45) is 0 Å². The van der Waals surface area contributed by atoms with E-state index < -0.39 is 0 Å². The molecule has 0 saturated heterocycles. The van der Waals surface area contributed by atoms with Gasteiger partial charge >= 0.3 is 0 Å². The number of aromatic nitrogens is 5. The first-order chi connectivity index (χ1) is 13.9. The Bertz CT molecular complexity index is 1330. The summed E-state index contributed by atoms with van der Waals surface area (Å²) in [7, 11) is 3.90. The number of anilines is 1. The topological polar surface area (TPSA) is 136 Å². The lowest BCUT2D eigenvalue weighted by Gasteiger charge is -2.12. The van der Waals surface area contributed by atoms with Gasteiger partial charge in [0.05, 0.1) is 16.6 Å². The van der Waals surface area contributed by atoms with E-state index in [1.165, 1.54) is 0 Å². The fraction of sp³-hybridized carbons (Fsp3) is 0.211. The van der Waals surface area contributed by atoms with Crippen molar-refractivity contribution in [2.75, 3.05) is 26.4 Å². The highest BCUT2D eigenvalue weighted by Crippen LogP contribution is 2.35. The Morgan fingerprint density at radius 2 is 1.90 bits per heavy atom. The zero-order chi connectivity index (χ0) is 20.7. The van der Waals surface area contributed by atoms with Crippen LogP contribution in [0.1, 0.15) is 11.4 Å². The monoisotopic (exact) mass is 405 g/mol. The molecule has 10 heteroatoms. The minimum absolute atomic E-state index is 0.0356. The van der Waals surface area contributed by atoms with Crippen molar-refractivity contribution in [1.82, 2.24) is 29.4 Å². The highest BCUT2D eigenvalue weighted by molar-refractivity contribution is 6.31. The van der Waals surface area contributed by atoms with Gasteiger partial charge in [-0.05, 0) is 32.3 Å². The van der Waals surface area contributed by atoms with Crippen molar-refractivity contribution in [3.8, 4) is 23.5 Å². The number of nitrogens with one attached hydrogen (secondary N) is 1. The van der Waals surface area contributed by atoms with Gasteiger partial charge in [0.25, 0.3) is 0 Å². The number of nitrogen functional groups attached to an aromatic ring is 1. The van der Waals surface area contributed by atoms with E-state index in [-0.39, 0.29) is 11.4 Å². The smallest absolute Gasteiger partial charge is 0.179 e. The second kappa shape index (κ2) is 7.06. The summed E-state index contributed by atoms with van der Waals surface area (Å²) < 4.78 is 1.79. The Morgan fingerprint density at radius 3 is 2.59 bits per heavy atom. The highest BCUT2D eigenvalue weighted by Gasteiger charge is 2.24. The summed E-state index contributed by atoms with van der Waals surface area (Å²) in [5.41, 5.74) is 9.27. The number of nitriles is 2. The molecule has 0 atom stereocenters. The summed E-state index contributed by atoms with van der Waals surface area (Å²) in [5.74, 6) is 0.905. The van der Waals surface area contributed by atoms with Gasteiger partial charge in [-0.25, -0.2) is 15.0 Å². The van der Waals surface area contributed by atoms with Crippen LogP contribution >= 0.6 is 11.6 Å². The van der Waals surface area contributed by atoms with Crippen LogP contribution in [0.5, 0.6) is 0 Å². The Kier molecular flexibility index (Phi) is 4.55. The zero-order valence-corrected chi connectivity index (χ0v) is 16.5. The number of fused-ring (bicyclic) bond motifs is 2. The molecule has 0 unspecified atom stereocenters. The first kappa shape index (κ1) is 18.7. The number of hydrogen-bond acceptors (Lipinski definition) is 7. The molecule has 0 aliphatic heterocycles. The fourth-order valence-corrected chi connectivity index (χ4v) is 3.34. The molecule has 4 rings (SSSR count). The molecule has 0 aliphatic carbocycles. The normalized spacial score (nSPS) is 11.2. The Hall–Kier alpha value is -3.66. The van der Waals surface area contributed by atoms with Gasteiger partial charge in [0.1, 0.15) is 29.3 Å². The van der Waals surface area contributed by atoms with Crippen molar-refractivity contribution in [3.05, 3.63) is 34.6 Å². The van der Waals surface area contributed by atoms with Gasteiger partial charge in [-0.2, -0.15) is 10.5 Å². The minimum Gasteiger partial charge on any atom is -0.384 e. The van der Waals surface area contributed by atoms with E-state index in [2.05, 4.69) is 19.9 Å². The third-order valence-electron chi connectivity index (χ3n) is 4.58. The van der Waals surface area contributed by atoms with Gasteiger partial charge in [0, 0.05) is 18.1 Å². The van der Waals surface area contributed by atoms with Crippen LogP contribution in [-0.4, -0.2) is 50.0 Å². The molecule has 0 bridgehead atoms. The second-order valence-corrected chi connectivity index (χ2v) is 7.22. The number of benzene rings is 1. The van der Waals surface area contributed by atoms with Crippen LogP contribution in [0.3, 0.4) is 0 Å². The number of likely N-dealkylation sites (N-methyl/N-ethyl adjacent to an activating group) is 1. The molecule has 0 radical (unpaired) electrons. The van der Waals surface area contributed by atoms with Crippen molar-refractivity contribution < 1.29 is 0 Å². The van der Waals surface area contributed by atoms with E-state index in [4.69, 9.17) is 17.3 Å². The van der Waals surface area contributed by atoms with E-state index >= 15 is 0 Å². The summed E-state index contributed by atoms with van der Waals surface area (Å²) in [6.45, 7) is 1.24. The molecule has 0 saturated carbocycles. The quantitative estimate of drug-likeness (QED) is 0.532. The predicted molar refractivity (Wildman–Crippen MR) is 110 cm³/mol. The third-order valence-corrected chi connectivity index (χ3v) is 4.82. The number of rotatable bonds is 4. The second-order valence-electron chi connectivity index (χ2n) is 6.78. The molecular weight excluding hydrogens is 390 g/mol. The summed E-state index contributed by atoms with van der Waals surface area (Å²) >= 11 is 6.08. The number of imidazole rings is 1. The molecule has 0 fully saturated rings. The van der Waals surface area contributed by atoms with Crippen LogP contribution in [-0.2, 0) is 6.54 Å². The number of nitrogens with two attached hydrogens (primary N) is 1. The average molecular weight is 406 g/mol. The number of halogens is 1. The van der Waals surface area contributed by atoms with Gasteiger partial charge in [0.15, 0.2) is 17.0 Å². The van der Waals surface area contributed by atoms with Crippen LogP contribution in [0.4, 0.5) is 5.82 Å². The van der Waals surface area contributed by atoms with E-state index in [1.54, 1.807) is 22.8 Å². The summed E-state index contributed by atoms with van der Waals surface area (Å²) in [5, 5.41) is 19.3. The molecule has 0 spiro atoms. The Labute approximate surface area is 171 Å².